The highest BCUT2D eigenvalue weighted by molar-refractivity contribution is 7.91. The Morgan fingerprint density at radius 3 is 2.37 bits per heavy atom. The van der Waals surface area contributed by atoms with E-state index in [1.165, 1.54) is 19.2 Å². The van der Waals surface area contributed by atoms with Crippen LogP contribution >= 0.6 is 11.6 Å². The van der Waals surface area contributed by atoms with E-state index in [1.807, 2.05) is 0 Å². The van der Waals surface area contributed by atoms with E-state index in [0.29, 0.717) is 18.8 Å². The fourth-order valence-corrected chi connectivity index (χ4v) is 2.26. The summed E-state index contributed by atoms with van der Waals surface area (Å²) in [5.41, 5.74) is 0.593. The summed E-state index contributed by atoms with van der Waals surface area (Å²) < 4.78 is 51.8. The lowest BCUT2D eigenvalue weighted by Crippen LogP contribution is -2.19. The number of hydrogen-bond acceptors (Lipinski definition) is 4. The Labute approximate surface area is 115 Å². The molecule has 0 aliphatic heterocycles. The van der Waals surface area contributed by atoms with E-state index < -0.39 is 20.5 Å². The van der Waals surface area contributed by atoms with Crippen molar-refractivity contribution in [1.82, 2.24) is 0 Å². The molecule has 0 saturated carbocycles. The molecule has 0 spiro atoms. The van der Waals surface area contributed by atoms with Crippen LogP contribution in [0.5, 0.6) is 0 Å². The number of sulfone groups is 1. The third kappa shape index (κ3) is 4.59. The van der Waals surface area contributed by atoms with E-state index in [0.717, 1.165) is 12.1 Å². The molecule has 1 aromatic rings. The summed E-state index contributed by atoms with van der Waals surface area (Å²) >= 11 is 5.89. The topological polar surface area (TPSA) is 55.4 Å². The van der Waals surface area contributed by atoms with Gasteiger partial charge in [0.25, 0.3) is 0 Å². The monoisotopic (exact) mass is 313 g/mol. The zero-order valence-electron chi connectivity index (χ0n) is 10.1. The molecule has 1 N–H and O–H groups in total. The van der Waals surface area contributed by atoms with Gasteiger partial charge in [-0.05, 0) is 24.3 Å². The van der Waals surface area contributed by atoms with Crippen molar-refractivity contribution in [3.05, 3.63) is 24.3 Å². The summed E-state index contributed by atoms with van der Waals surface area (Å²) in [5.74, 6) is -3.42. The smallest absolute Gasteiger partial charge is 0.341 e. The number of halogens is 3. The normalized spacial score (nSPS) is 13.5. The highest BCUT2D eigenvalue weighted by atomic mass is 35.5. The summed E-state index contributed by atoms with van der Waals surface area (Å²) in [5, 5.41) is 2.70. The Morgan fingerprint density at radius 1 is 1.32 bits per heavy atom. The minimum absolute atomic E-state index is 0.241. The molecule has 0 amide bonds. The first-order valence-corrected chi connectivity index (χ1v) is 7.35. The Kier molecular flexibility index (Phi) is 5.96. The minimum atomic E-state index is -4.54. The van der Waals surface area contributed by atoms with E-state index in [9.17, 15) is 17.2 Å². The van der Waals surface area contributed by atoms with Gasteiger partial charge >= 0.3 is 5.76 Å². The molecule has 108 valence electrons. The van der Waals surface area contributed by atoms with Gasteiger partial charge in [-0.3, -0.25) is 0 Å². The molecule has 0 bridgehead atoms. The van der Waals surface area contributed by atoms with Crippen LogP contribution in [0.3, 0.4) is 0 Å². The van der Waals surface area contributed by atoms with Gasteiger partial charge in [0.05, 0.1) is 16.9 Å². The predicted octanol–water partition coefficient (Wildman–Crippen LogP) is 2.35. The number of anilines is 1. The van der Waals surface area contributed by atoms with Gasteiger partial charge in [-0.15, -0.1) is 11.6 Å². The summed E-state index contributed by atoms with van der Waals surface area (Å²) in [6.45, 7) is 0.780. The van der Waals surface area contributed by atoms with Gasteiger partial charge < -0.3 is 10.1 Å². The minimum Gasteiger partial charge on any atom is -0.383 e. The van der Waals surface area contributed by atoms with Crippen LogP contribution in [0.15, 0.2) is 29.2 Å². The van der Waals surface area contributed by atoms with E-state index in [-0.39, 0.29) is 5.38 Å². The number of rotatable bonds is 7. The van der Waals surface area contributed by atoms with Crippen molar-refractivity contribution in [2.45, 2.75) is 16.0 Å². The molecular formula is C11H14ClF2NO3S. The van der Waals surface area contributed by atoms with E-state index in [1.54, 1.807) is 0 Å². The zero-order valence-corrected chi connectivity index (χ0v) is 11.7. The molecule has 0 aliphatic rings. The van der Waals surface area contributed by atoms with Crippen LogP contribution in [-0.2, 0) is 14.6 Å². The van der Waals surface area contributed by atoms with Gasteiger partial charge in [-0.2, -0.15) is 8.78 Å². The molecular weight excluding hydrogens is 300 g/mol. The summed E-state index contributed by atoms with van der Waals surface area (Å²) in [6, 6.07) is 5.07. The molecule has 19 heavy (non-hydrogen) atoms. The average Bonchev–Trinajstić information content (AvgIpc) is 2.37. The second-order valence-corrected chi connectivity index (χ2v) is 6.30. The second kappa shape index (κ2) is 7.02. The van der Waals surface area contributed by atoms with Crippen molar-refractivity contribution in [3.63, 3.8) is 0 Å². The Morgan fingerprint density at radius 2 is 1.89 bits per heavy atom. The third-order valence-corrected chi connectivity index (χ3v) is 3.97. The first kappa shape index (κ1) is 16.1. The lowest BCUT2D eigenvalue weighted by Gasteiger charge is -2.11. The Bertz CT molecular complexity index is 493. The molecule has 1 atom stereocenters. The fourth-order valence-electron chi connectivity index (χ4n) is 1.33. The van der Waals surface area contributed by atoms with Crippen molar-refractivity contribution in [3.8, 4) is 0 Å². The Balaban J connectivity index is 2.67. The van der Waals surface area contributed by atoms with Gasteiger partial charge in [-0.1, -0.05) is 0 Å². The lowest BCUT2D eigenvalue weighted by molar-refractivity contribution is 0.200. The lowest BCUT2D eigenvalue weighted by atomic mass is 10.3. The van der Waals surface area contributed by atoms with Crippen molar-refractivity contribution in [1.29, 1.82) is 0 Å². The van der Waals surface area contributed by atoms with E-state index in [4.69, 9.17) is 16.3 Å². The molecule has 0 heterocycles. The molecule has 4 nitrogen and oxygen atoms in total. The molecule has 0 radical (unpaired) electrons. The van der Waals surface area contributed by atoms with Gasteiger partial charge in [0, 0.05) is 19.3 Å². The molecule has 1 unspecified atom stereocenters. The van der Waals surface area contributed by atoms with Gasteiger partial charge in [0.15, 0.2) is 0 Å². The number of nitrogens with one attached hydrogen (secondary N) is 1. The maximum atomic E-state index is 12.3. The molecule has 0 aromatic heterocycles. The third-order valence-electron chi connectivity index (χ3n) is 2.29. The molecule has 0 aliphatic carbocycles. The highest BCUT2D eigenvalue weighted by Gasteiger charge is 2.26. The van der Waals surface area contributed by atoms with Crippen LogP contribution in [0.2, 0.25) is 0 Å². The van der Waals surface area contributed by atoms with Crippen LogP contribution < -0.4 is 5.32 Å². The standard InChI is InChI=1S/C11H14ClF2NO3S/c1-18-7-8(12)6-15-9-2-4-10(5-3-9)19(16,17)11(13)14/h2-5,8,11,15H,6-7H2,1H3. The van der Waals surface area contributed by atoms with E-state index >= 15 is 0 Å². The Hall–Kier alpha value is -0.920. The molecule has 1 aromatic carbocycles. The number of alkyl halides is 3. The summed E-state index contributed by atoms with van der Waals surface area (Å²) in [7, 11) is -3.01. The molecule has 8 heteroatoms. The van der Waals surface area contributed by atoms with Crippen LogP contribution in [0.4, 0.5) is 14.5 Å². The van der Waals surface area contributed by atoms with Crippen LogP contribution in [0.25, 0.3) is 0 Å². The van der Waals surface area contributed by atoms with Crippen LogP contribution in [-0.4, -0.2) is 39.8 Å². The highest BCUT2D eigenvalue weighted by Crippen LogP contribution is 2.20. The maximum Gasteiger partial charge on any atom is 0.341 e. The summed E-state index contributed by atoms with van der Waals surface area (Å²) in [4.78, 5) is -0.410. The van der Waals surface area contributed by atoms with Crippen molar-refractivity contribution in [2.24, 2.45) is 0 Å². The summed E-state index contributed by atoms with van der Waals surface area (Å²) in [6.07, 6.45) is 0. The quantitative estimate of drug-likeness (QED) is 0.785. The fraction of sp³-hybridized carbons (Fsp3) is 0.455. The number of methoxy groups -OCH3 is 1. The average molecular weight is 314 g/mol. The number of hydrogen-bond donors (Lipinski definition) is 1. The van der Waals surface area contributed by atoms with Gasteiger partial charge in [-0.25, -0.2) is 8.42 Å². The van der Waals surface area contributed by atoms with Crippen molar-refractivity contribution < 1.29 is 21.9 Å². The second-order valence-electron chi connectivity index (χ2n) is 3.76. The largest absolute Gasteiger partial charge is 0.383 e. The van der Waals surface area contributed by atoms with Crippen molar-refractivity contribution in [2.75, 3.05) is 25.6 Å². The first-order valence-electron chi connectivity index (χ1n) is 5.37. The van der Waals surface area contributed by atoms with Gasteiger partial charge in [0.1, 0.15) is 0 Å². The molecule has 0 saturated heterocycles. The predicted molar refractivity (Wildman–Crippen MR) is 69.6 cm³/mol. The SMILES string of the molecule is COCC(Cl)CNc1ccc(S(=O)(=O)C(F)F)cc1. The maximum absolute atomic E-state index is 12.3. The van der Waals surface area contributed by atoms with E-state index in [2.05, 4.69) is 5.32 Å². The molecule has 1 rings (SSSR count). The van der Waals surface area contributed by atoms with Crippen molar-refractivity contribution >= 4 is 27.1 Å². The number of ether oxygens (including phenoxy) is 1. The first-order chi connectivity index (χ1) is 8.87. The number of benzene rings is 1. The van der Waals surface area contributed by atoms with Gasteiger partial charge in [0.2, 0.25) is 9.84 Å². The van der Waals surface area contributed by atoms with Crippen LogP contribution in [0.1, 0.15) is 0 Å². The zero-order chi connectivity index (χ0) is 14.5. The van der Waals surface area contributed by atoms with Crippen LogP contribution in [0, 0.1) is 0 Å². The molecule has 0 fully saturated rings.